The van der Waals surface area contributed by atoms with E-state index >= 15 is 0 Å². The van der Waals surface area contributed by atoms with Crippen LogP contribution < -0.4 is 5.73 Å². The number of hydrogen-bond donors (Lipinski definition) is 2. The average Bonchev–Trinajstić information content (AvgIpc) is 2.87. The van der Waals surface area contributed by atoms with Crippen molar-refractivity contribution in [2.75, 3.05) is 25.4 Å². The van der Waals surface area contributed by atoms with Gasteiger partial charge in [-0.3, -0.25) is 0 Å². The molecule has 7 heteroatoms. The summed E-state index contributed by atoms with van der Waals surface area (Å²) in [5.41, 5.74) is 6.11. The van der Waals surface area contributed by atoms with Gasteiger partial charge in [0.05, 0.1) is 17.3 Å². The topological polar surface area (TPSA) is 107 Å². The summed E-state index contributed by atoms with van der Waals surface area (Å²) in [5.74, 6) is -0.0191. The van der Waals surface area contributed by atoms with Crippen LogP contribution in [0.5, 0.6) is 0 Å². The van der Waals surface area contributed by atoms with Crippen molar-refractivity contribution in [1.29, 1.82) is 5.26 Å². The highest BCUT2D eigenvalue weighted by atomic mass is 32.2. The van der Waals surface area contributed by atoms with E-state index in [1.807, 2.05) is 6.07 Å². The molecule has 1 atom stereocenters. The quantitative estimate of drug-likeness (QED) is 0.766. The normalized spacial score (nSPS) is 20.3. The molecular weight excluding hydrogens is 266 g/mol. The summed E-state index contributed by atoms with van der Waals surface area (Å²) in [6.07, 6.45) is 0.645. The van der Waals surface area contributed by atoms with Gasteiger partial charge in [-0.25, -0.2) is 8.42 Å². The van der Waals surface area contributed by atoms with E-state index in [2.05, 4.69) is 0 Å². The number of rotatable bonds is 3. The molecule has 102 valence electrons. The van der Waals surface area contributed by atoms with Crippen molar-refractivity contribution in [3.05, 3.63) is 23.8 Å². The number of aliphatic hydroxyl groups is 1. The van der Waals surface area contributed by atoms with Crippen LogP contribution in [0.15, 0.2) is 23.1 Å². The predicted octanol–water partition coefficient (Wildman–Crippen LogP) is 0.143. The Labute approximate surface area is 112 Å². The van der Waals surface area contributed by atoms with Crippen LogP contribution >= 0.6 is 0 Å². The van der Waals surface area contributed by atoms with Gasteiger partial charge in [0.25, 0.3) is 0 Å². The van der Waals surface area contributed by atoms with Gasteiger partial charge in [-0.1, -0.05) is 0 Å². The minimum absolute atomic E-state index is 0.0186. The summed E-state index contributed by atoms with van der Waals surface area (Å²) in [5, 5.41) is 17.8. The van der Waals surface area contributed by atoms with Crippen LogP contribution in [0.2, 0.25) is 0 Å². The molecule has 1 aromatic carbocycles. The number of sulfonamides is 1. The van der Waals surface area contributed by atoms with Gasteiger partial charge in [-0.2, -0.15) is 9.57 Å². The summed E-state index contributed by atoms with van der Waals surface area (Å²) in [6.45, 7) is 0.667. The standard InChI is InChI=1S/C12H15N3O3S/c13-6-9-1-2-12(11(14)5-9)19(17,18)15-4-3-10(7-15)8-16/h1-2,5,10,16H,3-4,7-8,14H2. The Morgan fingerprint density at radius 2 is 2.26 bits per heavy atom. The predicted molar refractivity (Wildman–Crippen MR) is 69.5 cm³/mol. The number of aliphatic hydroxyl groups excluding tert-OH is 1. The number of nitrogens with two attached hydrogens (primary N) is 1. The third kappa shape index (κ3) is 2.56. The maximum absolute atomic E-state index is 12.4. The van der Waals surface area contributed by atoms with Crippen LogP contribution in [0.25, 0.3) is 0 Å². The minimum Gasteiger partial charge on any atom is -0.398 e. The van der Waals surface area contributed by atoms with Crippen molar-refractivity contribution in [3.63, 3.8) is 0 Å². The monoisotopic (exact) mass is 281 g/mol. The smallest absolute Gasteiger partial charge is 0.245 e. The van der Waals surface area contributed by atoms with Gasteiger partial charge in [-0.15, -0.1) is 0 Å². The van der Waals surface area contributed by atoms with E-state index in [-0.39, 0.29) is 23.1 Å². The molecule has 0 radical (unpaired) electrons. The highest BCUT2D eigenvalue weighted by Gasteiger charge is 2.33. The molecule has 1 heterocycles. The second-order valence-electron chi connectivity index (χ2n) is 4.56. The zero-order valence-electron chi connectivity index (χ0n) is 10.3. The molecule has 1 saturated heterocycles. The number of nitrogen functional groups attached to an aromatic ring is 1. The zero-order chi connectivity index (χ0) is 14.0. The fourth-order valence-electron chi connectivity index (χ4n) is 2.16. The van der Waals surface area contributed by atoms with E-state index in [1.54, 1.807) is 0 Å². The van der Waals surface area contributed by atoms with Crippen LogP contribution in [0.1, 0.15) is 12.0 Å². The Kier molecular flexibility index (Phi) is 3.75. The van der Waals surface area contributed by atoms with Crippen molar-refractivity contribution in [1.82, 2.24) is 4.31 Å². The lowest BCUT2D eigenvalue weighted by Crippen LogP contribution is -2.29. The van der Waals surface area contributed by atoms with E-state index in [9.17, 15) is 8.42 Å². The number of nitrogens with zero attached hydrogens (tertiary/aromatic N) is 2. The Morgan fingerprint density at radius 3 is 2.79 bits per heavy atom. The molecular formula is C12H15N3O3S. The van der Waals surface area contributed by atoms with Crippen LogP contribution in [0.3, 0.4) is 0 Å². The Morgan fingerprint density at radius 1 is 1.53 bits per heavy atom. The zero-order valence-corrected chi connectivity index (χ0v) is 11.1. The third-order valence-corrected chi connectivity index (χ3v) is 5.20. The van der Waals surface area contributed by atoms with Gasteiger partial charge in [0, 0.05) is 19.7 Å². The number of nitriles is 1. The van der Waals surface area contributed by atoms with E-state index in [0.29, 0.717) is 25.1 Å². The lowest BCUT2D eigenvalue weighted by atomic mass is 10.1. The molecule has 19 heavy (non-hydrogen) atoms. The number of anilines is 1. The second-order valence-corrected chi connectivity index (χ2v) is 6.47. The minimum atomic E-state index is -3.65. The third-order valence-electron chi connectivity index (χ3n) is 3.26. The van der Waals surface area contributed by atoms with Gasteiger partial charge in [0.2, 0.25) is 10.0 Å². The van der Waals surface area contributed by atoms with Crippen molar-refractivity contribution >= 4 is 15.7 Å². The molecule has 0 aliphatic carbocycles. The highest BCUT2D eigenvalue weighted by molar-refractivity contribution is 7.89. The molecule has 1 unspecified atom stereocenters. The van der Waals surface area contributed by atoms with Crippen LogP contribution in [-0.2, 0) is 10.0 Å². The van der Waals surface area contributed by atoms with E-state index in [4.69, 9.17) is 16.1 Å². The first-order chi connectivity index (χ1) is 8.98. The van der Waals surface area contributed by atoms with Gasteiger partial charge in [0.1, 0.15) is 4.90 Å². The number of benzene rings is 1. The molecule has 1 fully saturated rings. The van der Waals surface area contributed by atoms with Gasteiger partial charge in [0.15, 0.2) is 0 Å². The molecule has 1 aromatic rings. The molecule has 0 aromatic heterocycles. The largest absolute Gasteiger partial charge is 0.398 e. The fourth-order valence-corrected chi connectivity index (χ4v) is 3.78. The molecule has 0 amide bonds. The first-order valence-electron chi connectivity index (χ1n) is 5.89. The molecule has 2 rings (SSSR count). The molecule has 0 saturated carbocycles. The first kappa shape index (κ1) is 13.8. The molecule has 0 spiro atoms. The van der Waals surface area contributed by atoms with Crippen LogP contribution in [0.4, 0.5) is 5.69 Å². The van der Waals surface area contributed by atoms with E-state index in [1.165, 1.54) is 22.5 Å². The summed E-state index contributed by atoms with van der Waals surface area (Å²) in [4.78, 5) is 0.0186. The lowest BCUT2D eigenvalue weighted by molar-refractivity contribution is 0.233. The average molecular weight is 281 g/mol. The van der Waals surface area contributed by atoms with Crippen molar-refractivity contribution in [2.24, 2.45) is 5.92 Å². The molecule has 0 bridgehead atoms. The lowest BCUT2D eigenvalue weighted by Gasteiger charge is -2.17. The second kappa shape index (κ2) is 5.17. The maximum atomic E-state index is 12.4. The van der Waals surface area contributed by atoms with Crippen molar-refractivity contribution in [2.45, 2.75) is 11.3 Å². The van der Waals surface area contributed by atoms with Gasteiger partial charge >= 0.3 is 0 Å². The molecule has 1 aliphatic heterocycles. The Hall–Kier alpha value is -1.62. The summed E-state index contributed by atoms with van der Waals surface area (Å²) in [6, 6.07) is 6.05. The first-order valence-corrected chi connectivity index (χ1v) is 7.33. The fraction of sp³-hybridized carbons (Fsp3) is 0.417. The van der Waals surface area contributed by atoms with Gasteiger partial charge < -0.3 is 10.8 Å². The van der Waals surface area contributed by atoms with Gasteiger partial charge in [-0.05, 0) is 30.5 Å². The highest BCUT2D eigenvalue weighted by Crippen LogP contribution is 2.27. The van der Waals surface area contributed by atoms with E-state index < -0.39 is 10.0 Å². The summed E-state index contributed by atoms with van der Waals surface area (Å²) < 4.78 is 26.1. The van der Waals surface area contributed by atoms with E-state index in [0.717, 1.165) is 0 Å². The number of hydrogen-bond acceptors (Lipinski definition) is 5. The SMILES string of the molecule is N#Cc1ccc(S(=O)(=O)N2CCC(CO)C2)c(N)c1. The van der Waals surface area contributed by atoms with Crippen LogP contribution in [-0.4, -0.2) is 37.5 Å². The van der Waals surface area contributed by atoms with Crippen molar-refractivity contribution < 1.29 is 13.5 Å². The molecule has 6 nitrogen and oxygen atoms in total. The Bertz CT molecular complexity index is 622. The Balaban J connectivity index is 2.33. The summed E-state index contributed by atoms with van der Waals surface area (Å²) >= 11 is 0. The van der Waals surface area contributed by atoms with Crippen molar-refractivity contribution in [3.8, 4) is 6.07 Å². The molecule has 3 N–H and O–H groups in total. The summed E-state index contributed by atoms with van der Waals surface area (Å²) in [7, 11) is -3.65. The van der Waals surface area contributed by atoms with Crippen LogP contribution in [0, 0.1) is 17.2 Å². The molecule has 1 aliphatic rings. The maximum Gasteiger partial charge on any atom is 0.245 e.